The molecule has 1 saturated carbocycles. The second-order valence-electron chi connectivity index (χ2n) is 5.90. The van der Waals surface area contributed by atoms with E-state index in [1.54, 1.807) is 18.4 Å². The summed E-state index contributed by atoms with van der Waals surface area (Å²) >= 11 is 1.68. The average molecular weight is 333 g/mol. The standard InChI is InChI=1S/C16H23N5OS/c1-3-12-9-23-16(19-12)7-18-14-6-13(10-4-11(17)5-10)20-15(21-14)8-22-2/h6,9-11H,3-5,7-8,17H2,1-2H3,(H,18,20,21). The Labute approximate surface area is 140 Å². The molecule has 2 aromatic heterocycles. The maximum absolute atomic E-state index is 5.90. The van der Waals surface area contributed by atoms with Gasteiger partial charge in [0.25, 0.3) is 0 Å². The molecule has 6 nitrogen and oxygen atoms in total. The molecule has 2 heterocycles. The van der Waals surface area contributed by atoms with Crippen LogP contribution in [0, 0.1) is 0 Å². The van der Waals surface area contributed by atoms with Gasteiger partial charge in [-0.1, -0.05) is 6.92 Å². The van der Waals surface area contributed by atoms with Crippen molar-refractivity contribution in [2.45, 2.75) is 51.3 Å². The van der Waals surface area contributed by atoms with E-state index in [0.29, 0.717) is 30.9 Å². The summed E-state index contributed by atoms with van der Waals surface area (Å²) in [5.74, 6) is 1.98. The second-order valence-corrected chi connectivity index (χ2v) is 6.84. The summed E-state index contributed by atoms with van der Waals surface area (Å²) in [5.41, 5.74) is 8.10. The molecule has 3 N–H and O–H groups in total. The van der Waals surface area contributed by atoms with Crippen molar-refractivity contribution in [2.75, 3.05) is 12.4 Å². The lowest BCUT2D eigenvalue weighted by Gasteiger charge is -2.32. The number of aromatic nitrogens is 3. The van der Waals surface area contributed by atoms with E-state index in [2.05, 4.69) is 32.6 Å². The summed E-state index contributed by atoms with van der Waals surface area (Å²) < 4.78 is 5.18. The summed E-state index contributed by atoms with van der Waals surface area (Å²) in [4.78, 5) is 13.7. The molecule has 2 aromatic rings. The minimum atomic E-state index is 0.306. The van der Waals surface area contributed by atoms with Gasteiger partial charge in [0.1, 0.15) is 17.4 Å². The first-order chi connectivity index (χ1) is 11.2. The van der Waals surface area contributed by atoms with Crippen LogP contribution in [0.4, 0.5) is 5.82 Å². The van der Waals surface area contributed by atoms with Crippen LogP contribution in [0.25, 0.3) is 0 Å². The number of rotatable bonds is 7. The summed E-state index contributed by atoms with van der Waals surface area (Å²) in [6, 6.07) is 2.34. The molecule has 1 aliphatic rings. The van der Waals surface area contributed by atoms with E-state index >= 15 is 0 Å². The smallest absolute Gasteiger partial charge is 0.156 e. The molecular weight excluding hydrogens is 310 g/mol. The number of hydrogen-bond donors (Lipinski definition) is 2. The number of nitrogens with two attached hydrogens (primary N) is 1. The Bertz CT molecular complexity index is 654. The summed E-state index contributed by atoms with van der Waals surface area (Å²) in [7, 11) is 1.66. The first-order valence-corrected chi connectivity index (χ1v) is 8.85. The van der Waals surface area contributed by atoms with Crippen molar-refractivity contribution in [3.05, 3.63) is 33.7 Å². The number of aryl methyl sites for hydroxylation is 1. The minimum absolute atomic E-state index is 0.306. The second kappa shape index (κ2) is 7.33. The Hall–Kier alpha value is -1.57. The molecule has 0 atom stereocenters. The van der Waals surface area contributed by atoms with Crippen molar-refractivity contribution in [2.24, 2.45) is 5.73 Å². The molecule has 23 heavy (non-hydrogen) atoms. The van der Waals surface area contributed by atoms with Crippen LogP contribution in [0.5, 0.6) is 0 Å². The number of nitrogens with zero attached hydrogens (tertiary/aromatic N) is 3. The van der Waals surface area contributed by atoms with Gasteiger partial charge in [-0.2, -0.15) is 0 Å². The van der Waals surface area contributed by atoms with E-state index in [9.17, 15) is 0 Å². The van der Waals surface area contributed by atoms with Gasteiger partial charge < -0.3 is 15.8 Å². The molecule has 1 fully saturated rings. The van der Waals surface area contributed by atoms with Crippen molar-refractivity contribution in [1.82, 2.24) is 15.0 Å². The van der Waals surface area contributed by atoms with Crippen molar-refractivity contribution in [3.8, 4) is 0 Å². The molecule has 1 aliphatic carbocycles. The number of ether oxygens (including phenoxy) is 1. The molecule has 0 aliphatic heterocycles. The first-order valence-electron chi connectivity index (χ1n) is 7.97. The van der Waals surface area contributed by atoms with E-state index in [1.165, 1.54) is 0 Å². The lowest BCUT2D eigenvalue weighted by atomic mass is 9.78. The molecule has 124 valence electrons. The summed E-state index contributed by atoms with van der Waals surface area (Å²) in [5, 5.41) is 6.54. The Kier molecular flexibility index (Phi) is 5.20. The maximum atomic E-state index is 5.90. The Morgan fingerprint density at radius 3 is 2.83 bits per heavy atom. The summed E-state index contributed by atoms with van der Waals surface area (Å²) in [6.07, 6.45) is 2.96. The monoisotopic (exact) mass is 333 g/mol. The van der Waals surface area contributed by atoms with E-state index in [-0.39, 0.29) is 0 Å². The van der Waals surface area contributed by atoms with Gasteiger partial charge in [0.2, 0.25) is 0 Å². The normalized spacial score (nSPS) is 20.3. The molecule has 0 saturated heterocycles. The van der Waals surface area contributed by atoms with Gasteiger partial charge in [0.05, 0.1) is 12.2 Å². The minimum Gasteiger partial charge on any atom is -0.377 e. The number of thiazole rings is 1. The fourth-order valence-corrected chi connectivity index (χ4v) is 3.49. The van der Waals surface area contributed by atoms with E-state index in [0.717, 1.165) is 41.5 Å². The largest absolute Gasteiger partial charge is 0.377 e. The topological polar surface area (TPSA) is 86.0 Å². The summed E-state index contributed by atoms with van der Waals surface area (Å²) in [6.45, 7) is 3.21. The molecule has 0 unspecified atom stereocenters. The molecule has 0 radical (unpaired) electrons. The van der Waals surface area contributed by atoms with Crippen LogP contribution in [0.15, 0.2) is 11.4 Å². The molecule has 0 amide bonds. The fourth-order valence-electron chi connectivity index (χ4n) is 2.67. The fraction of sp³-hybridized carbons (Fsp3) is 0.562. The molecular formula is C16H23N5OS. The van der Waals surface area contributed by atoms with E-state index in [1.807, 2.05) is 6.07 Å². The van der Waals surface area contributed by atoms with Crippen LogP contribution >= 0.6 is 11.3 Å². The molecule has 3 rings (SSSR count). The molecule has 7 heteroatoms. The van der Waals surface area contributed by atoms with Gasteiger partial charge in [0, 0.05) is 36.2 Å². The third kappa shape index (κ3) is 4.04. The number of hydrogen-bond acceptors (Lipinski definition) is 7. The Balaban J connectivity index is 1.71. The lowest BCUT2D eigenvalue weighted by Crippen LogP contribution is -2.35. The van der Waals surface area contributed by atoms with Crippen LogP contribution in [-0.4, -0.2) is 28.1 Å². The van der Waals surface area contributed by atoms with Crippen LogP contribution in [0.3, 0.4) is 0 Å². The van der Waals surface area contributed by atoms with Gasteiger partial charge in [0.15, 0.2) is 5.82 Å². The van der Waals surface area contributed by atoms with Crippen LogP contribution in [-0.2, 0) is 24.3 Å². The van der Waals surface area contributed by atoms with Crippen molar-refractivity contribution in [3.63, 3.8) is 0 Å². The predicted octanol–water partition coefficient (Wildman–Crippen LogP) is 2.46. The highest BCUT2D eigenvalue weighted by molar-refractivity contribution is 7.09. The zero-order valence-corrected chi connectivity index (χ0v) is 14.4. The number of nitrogens with one attached hydrogen (secondary N) is 1. The Morgan fingerprint density at radius 2 is 2.17 bits per heavy atom. The quantitative estimate of drug-likeness (QED) is 0.809. The SMILES string of the molecule is CCc1csc(CNc2cc(C3CC(N)C3)nc(COC)n2)n1. The van der Waals surface area contributed by atoms with Crippen LogP contribution < -0.4 is 11.1 Å². The maximum Gasteiger partial charge on any atom is 0.156 e. The van der Waals surface area contributed by atoms with Gasteiger partial charge in [-0.05, 0) is 19.3 Å². The third-order valence-corrected chi connectivity index (χ3v) is 4.94. The third-order valence-electron chi connectivity index (χ3n) is 4.04. The van der Waals surface area contributed by atoms with Gasteiger partial charge in [-0.3, -0.25) is 0 Å². The van der Waals surface area contributed by atoms with Crippen LogP contribution in [0.2, 0.25) is 0 Å². The number of methoxy groups -OCH3 is 1. The first kappa shape index (κ1) is 16.3. The van der Waals surface area contributed by atoms with Crippen molar-refractivity contribution >= 4 is 17.2 Å². The van der Waals surface area contributed by atoms with Crippen LogP contribution in [0.1, 0.15) is 47.9 Å². The average Bonchev–Trinajstić information content (AvgIpc) is 2.98. The highest BCUT2D eigenvalue weighted by atomic mass is 32.1. The highest BCUT2D eigenvalue weighted by Crippen LogP contribution is 2.35. The lowest BCUT2D eigenvalue weighted by molar-refractivity contribution is 0.177. The molecule has 0 spiro atoms. The predicted molar refractivity (Wildman–Crippen MR) is 91.5 cm³/mol. The zero-order valence-electron chi connectivity index (χ0n) is 13.6. The van der Waals surface area contributed by atoms with Crippen molar-refractivity contribution < 1.29 is 4.74 Å². The molecule has 0 bridgehead atoms. The highest BCUT2D eigenvalue weighted by Gasteiger charge is 2.29. The number of anilines is 1. The van der Waals surface area contributed by atoms with Crippen molar-refractivity contribution in [1.29, 1.82) is 0 Å². The van der Waals surface area contributed by atoms with E-state index in [4.69, 9.17) is 10.5 Å². The van der Waals surface area contributed by atoms with E-state index < -0.39 is 0 Å². The molecule has 0 aromatic carbocycles. The van der Waals surface area contributed by atoms with Gasteiger partial charge in [-0.15, -0.1) is 11.3 Å². The zero-order chi connectivity index (χ0) is 16.2. The Morgan fingerprint density at radius 1 is 1.35 bits per heavy atom. The van der Waals surface area contributed by atoms with Gasteiger partial charge >= 0.3 is 0 Å². The van der Waals surface area contributed by atoms with Gasteiger partial charge in [-0.25, -0.2) is 15.0 Å².